The third kappa shape index (κ3) is 2.63. The number of pyridine rings is 1. The van der Waals surface area contributed by atoms with Crippen molar-refractivity contribution in [2.75, 3.05) is 0 Å². The summed E-state index contributed by atoms with van der Waals surface area (Å²) in [7, 11) is 0. The average Bonchev–Trinajstić information content (AvgIpc) is 2.45. The Hall–Kier alpha value is -0.750. The van der Waals surface area contributed by atoms with E-state index in [1.165, 1.54) is 12.3 Å². The Balaban J connectivity index is 2.25. The van der Waals surface area contributed by atoms with Crippen LogP contribution in [-0.4, -0.2) is 14.8 Å². The predicted molar refractivity (Wildman–Crippen MR) is 60.9 cm³/mol. The number of hydrogen-bond donors (Lipinski definition) is 0. The third-order valence-corrected chi connectivity index (χ3v) is 2.82. The minimum atomic E-state index is -0.338. The molecule has 0 N–H and O–H groups in total. The van der Waals surface area contributed by atoms with Crippen LogP contribution in [0.2, 0.25) is 0 Å². The number of halogens is 3. The van der Waals surface area contributed by atoms with Crippen molar-refractivity contribution in [3.05, 3.63) is 45.1 Å². The molecule has 0 aliphatic heterocycles. The van der Waals surface area contributed by atoms with E-state index in [1.54, 1.807) is 10.9 Å². The van der Waals surface area contributed by atoms with Crippen LogP contribution in [0.1, 0.15) is 5.56 Å². The van der Waals surface area contributed by atoms with E-state index in [4.69, 9.17) is 0 Å². The largest absolute Gasteiger partial charge is 0.261 e. The Labute approximate surface area is 103 Å². The van der Waals surface area contributed by atoms with Gasteiger partial charge in [-0.25, -0.2) is 4.39 Å². The second kappa shape index (κ2) is 4.40. The Bertz CT molecular complexity index is 484. The first kappa shape index (κ1) is 10.8. The molecule has 2 rings (SSSR count). The van der Waals surface area contributed by atoms with Crippen molar-refractivity contribution in [3.63, 3.8) is 0 Å². The van der Waals surface area contributed by atoms with E-state index < -0.39 is 0 Å². The van der Waals surface area contributed by atoms with Gasteiger partial charge in [0, 0.05) is 12.3 Å². The first-order chi connectivity index (χ1) is 7.15. The van der Waals surface area contributed by atoms with Crippen LogP contribution in [0.15, 0.2) is 33.7 Å². The maximum atomic E-state index is 12.9. The number of aromatic nitrogens is 3. The van der Waals surface area contributed by atoms with Crippen LogP contribution in [0.25, 0.3) is 0 Å². The fourth-order valence-corrected chi connectivity index (χ4v) is 2.33. The maximum absolute atomic E-state index is 12.9. The molecular formula is C9H6Br2FN3. The summed E-state index contributed by atoms with van der Waals surface area (Å²) in [5.41, 5.74) is 0.770. The highest BCUT2D eigenvalue weighted by atomic mass is 79.9. The predicted octanol–water partition coefficient (Wildman–Crippen LogP) is 2.99. The Morgan fingerprint density at radius 2 is 2.07 bits per heavy atom. The molecule has 0 spiro atoms. The number of hydrogen-bond acceptors (Lipinski definition) is 2. The lowest BCUT2D eigenvalue weighted by atomic mass is 10.3. The molecule has 0 aliphatic carbocycles. The van der Waals surface area contributed by atoms with E-state index in [1.807, 2.05) is 6.07 Å². The normalized spacial score (nSPS) is 10.6. The molecule has 78 valence electrons. The molecule has 0 bridgehead atoms. The van der Waals surface area contributed by atoms with Gasteiger partial charge in [-0.2, -0.15) is 5.10 Å². The van der Waals surface area contributed by atoms with Gasteiger partial charge in [-0.3, -0.25) is 9.67 Å². The Morgan fingerprint density at radius 1 is 1.27 bits per heavy atom. The van der Waals surface area contributed by atoms with E-state index in [9.17, 15) is 4.39 Å². The van der Waals surface area contributed by atoms with Gasteiger partial charge < -0.3 is 0 Å². The van der Waals surface area contributed by atoms with Crippen LogP contribution >= 0.6 is 31.9 Å². The quantitative estimate of drug-likeness (QED) is 0.845. The summed E-state index contributed by atoms with van der Waals surface area (Å²) in [4.78, 5) is 3.77. The lowest BCUT2D eigenvalue weighted by Gasteiger charge is -2.02. The van der Waals surface area contributed by atoms with Crippen LogP contribution in [0, 0.1) is 5.82 Å². The second-order valence-electron chi connectivity index (χ2n) is 2.96. The Morgan fingerprint density at radius 3 is 2.67 bits per heavy atom. The summed E-state index contributed by atoms with van der Waals surface area (Å²) in [6.45, 7) is 0.483. The van der Waals surface area contributed by atoms with Crippen LogP contribution in [0.4, 0.5) is 4.39 Å². The van der Waals surface area contributed by atoms with Crippen molar-refractivity contribution in [2.45, 2.75) is 6.54 Å². The van der Waals surface area contributed by atoms with Crippen molar-refractivity contribution < 1.29 is 4.39 Å². The van der Waals surface area contributed by atoms with Crippen molar-refractivity contribution in [2.24, 2.45) is 0 Å². The summed E-state index contributed by atoms with van der Waals surface area (Å²) in [5, 5.41) is 4.17. The van der Waals surface area contributed by atoms with Crippen molar-refractivity contribution in [3.8, 4) is 0 Å². The monoisotopic (exact) mass is 333 g/mol. The van der Waals surface area contributed by atoms with Gasteiger partial charge in [0.25, 0.3) is 0 Å². The minimum absolute atomic E-state index is 0.338. The summed E-state index contributed by atoms with van der Waals surface area (Å²) in [6, 6.07) is 3.27. The molecule has 0 saturated carbocycles. The molecule has 0 unspecified atom stereocenters. The van der Waals surface area contributed by atoms with Crippen molar-refractivity contribution in [1.29, 1.82) is 0 Å². The molecule has 2 heterocycles. The molecule has 0 atom stereocenters. The fraction of sp³-hybridized carbons (Fsp3) is 0.111. The van der Waals surface area contributed by atoms with E-state index in [-0.39, 0.29) is 5.82 Å². The van der Waals surface area contributed by atoms with Gasteiger partial charge in [0.2, 0.25) is 0 Å². The first-order valence-corrected chi connectivity index (χ1v) is 5.72. The molecule has 2 aromatic rings. The Kier molecular flexibility index (Phi) is 3.16. The molecule has 3 nitrogen and oxygen atoms in total. The van der Waals surface area contributed by atoms with Crippen molar-refractivity contribution >= 4 is 31.9 Å². The minimum Gasteiger partial charge on any atom is -0.261 e. The number of nitrogens with zero attached hydrogens (tertiary/aromatic N) is 3. The lowest BCUT2D eigenvalue weighted by Crippen LogP contribution is -2.02. The fourth-order valence-electron chi connectivity index (χ4n) is 1.19. The SMILES string of the molecule is Fc1cncc(Cn2nc(Br)cc2Br)c1. The van der Waals surface area contributed by atoms with E-state index in [0.29, 0.717) is 6.54 Å². The van der Waals surface area contributed by atoms with Crippen molar-refractivity contribution in [1.82, 2.24) is 14.8 Å². The molecule has 0 aromatic carbocycles. The van der Waals surface area contributed by atoms with Crippen LogP contribution in [0.3, 0.4) is 0 Å². The van der Waals surface area contributed by atoms with E-state index in [0.717, 1.165) is 14.8 Å². The van der Waals surface area contributed by atoms with Gasteiger partial charge in [0.1, 0.15) is 15.0 Å². The topological polar surface area (TPSA) is 30.7 Å². The molecule has 0 saturated heterocycles. The zero-order valence-corrected chi connectivity index (χ0v) is 10.7. The smallest absolute Gasteiger partial charge is 0.141 e. The van der Waals surface area contributed by atoms with Gasteiger partial charge in [0.15, 0.2) is 0 Å². The summed E-state index contributed by atoms with van der Waals surface area (Å²) >= 11 is 6.61. The molecule has 0 aliphatic rings. The molecule has 0 fully saturated rings. The van der Waals surface area contributed by atoms with Crippen LogP contribution in [-0.2, 0) is 6.54 Å². The summed E-state index contributed by atoms with van der Waals surface area (Å²) in [5.74, 6) is -0.338. The zero-order valence-electron chi connectivity index (χ0n) is 7.49. The van der Waals surface area contributed by atoms with Gasteiger partial charge in [-0.1, -0.05) is 0 Å². The maximum Gasteiger partial charge on any atom is 0.141 e. The summed E-state index contributed by atoms with van der Waals surface area (Å²) in [6.07, 6.45) is 2.79. The third-order valence-electron chi connectivity index (χ3n) is 1.79. The van der Waals surface area contributed by atoms with Crippen LogP contribution < -0.4 is 0 Å². The van der Waals surface area contributed by atoms with Gasteiger partial charge >= 0.3 is 0 Å². The standard InChI is InChI=1S/C9H6Br2FN3/c10-8-2-9(11)15(14-8)5-6-1-7(12)4-13-3-6/h1-4H,5H2. The summed E-state index contributed by atoms with van der Waals surface area (Å²) < 4.78 is 16.1. The number of rotatable bonds is 2. The highest BCUT2D eigenvalue weighted by molar-refractivity contribution is 9.11. The highest BCUT2D eigenvalue weighted by Gasteiger charge is 2.04. The van der Waals surface area contributed by atoms with Crippen LogP contribution in [0.5, 0.6) is 0 Å². The highest BCUT2D eigenvalue weighted by Crippen LogP contribution is 2.17. The second-order valence-corrected chi connectivity index (χ2v) is 4.58. The van der Waals surface area contributed by atoms with E-state index in [2.05, 4.69) is 41.9 Å². The molecule has 2 aromatic heterocycles. The van der Waals surface area contributed by atoms with Gasteiger partial charge in [0.05, 0.1) is 12.7 Å². The molecule has 6 heteroatoms. The molecule has 0 amide bonds. The van der Waals surface area contributed by atoms with E-state index >= 15 is 0 Å². The zero-order chi connectivity index (χ0) is 10.8. The van der Waals surface area contributed by atoms with Gasteiger partial charge in [-0.15, -0.1) is 0 Å². The lowest BCUT2D eigenvalue weighted by molar-refractivity contribution is 0.609. The molecular weight excluding hydrogens is 329 g/mol. The average molecular weight is 335 g/mol. The molecule has 0 radical (unpaired) electrons. The molecule has 15 heavy (non-hydrogen) atoms. The first-order valence-electron chi connectivity index (χ1n) is 4.13. The van der Waals surface area contributed by atoms with Gasteiger partial charge in [-0.05, 0) is 43.5 Å².